The average molecular weight is 309 g/mol. The van der Waals surface area contributed by atoms with Crippen molar-refractivity contribution < 1.29 is 22.7 Å². The predicted molar refractivity (Wildman–Crippen MR) is 66.8 cm³/mol. The Morgan fingerprint density at radius 2 is 1.78 bits per heavy atom. The van der Waals surface area contributed by atoms with Crippen LogP contribution in [0.25, 0.3) is 0 Å². The number of nitrogens with one attached hydrogen (secondary N) is 1. The topological polar surface area (TPSA) is 102 Å². The SMILES string of the molecule is CC(C)NS(=O)(=O)c1ccc(OP([O-])([O-])=S)cc1. The summed E-state index contributed by atoms with van der Waals surface area (Å²) in [6, 6.07) is 4.70. The molecule has 0 saturated heterocycles. The van der Waals surface area contributed by atoms with Gasteiger partial charge in [-0.1, -0.05) is 11.8 Å². The lowest BCUT2D eigenvalue weighted by Crippen LogP contribution is -2.30. The molecule has 0 unspecified atom stereocenters. The van der Waals surface area contributed by atoms with Crippen LogP contribution >= 0.6 is 6.72 Å². The van der Waals surface area contributed by atoms with Crippen molar-refractivity contribution in [3.63, 3.8) is 0 Å². The standard InChI is InChI=1S/C9H14NO5PS2/c1-7(2)10-18(13,14)9-5-3-8(4-6-9)15-16(11,12)17/h3-7,10H,1-2H3,(H2,11,12,17)/p-2. The molecule has 0 aromatic heterocycles. The molecule has 9 heteroatoms. The van der Waals surface area contributed by atoms with Crippen molar-refractivity contribution >= 4 is 28.5 Å². The van der Waals surface area contributed by atoms with Gasteiger partial charge in [0.2, 0.25) is 10.0 Å². The van der Waals surface area contributed by atoms with Gasteiger partial charge < -0.3 is 14.3 Å². The highest BCUT2D eigenvalue weighted by atomic mass is 32.5. The maximum Gasteiger partial charge on any atom is 0.240 e. The van der Waals surface area contributed by atoms with Crippen LogP contribution in [0.5, 0.6) is 5.75 Å². The Labute approximate surface area is 111 Å². The highest BCUT2D eigenvalue weighted by Gasteiger charge is 2.14. The highest BCUT2D eigenvalue weighted by Crippen LogP contribution is 2.29. The second kappa shape index (κ2) is 5.64. The van der Waals surface area contributed by atoms with Gasteiger partial charge in [-0.2, -0.15) is 0 Å². The fraction of sp³-hybridized carbons (Fsp3) is 0.333. The molecule has 1 N–H and O–H groups in total. The molecule has 1 rings (SSSR count). The Morgan fingerprint density at radius 3 is 2.17 bits per heavy atom. The van der Waals surface area contributed by atoms with E-state index in [1.807, 2.05) is 0 Å². The third-order valence-electron chi connectivity index (χ3n) is 1.74. The molecule has 0 fully saturated rings. The summed E-state index contributed by atoms with van der Waals surface area (Å²) in [6.45, 7) is -0.909. The molecule has 0 aliphatic rings. The average Bonchev–Trinajstić information content (AvgIpc) is 2.13. The summed E-state index contributed by atoms with van der Waals surface area (Å²) >= 11 is 4.08. The third-order valence-corrected chi connectivity index (χ3v) is 4.07. The molecule has 1 aromatic carbocycles. The molecule has 0 atom stereocenters. The minimum Gasteiger partial charge on any atom is -0.803 e. The van der Waals surface area contributed by atoms with Gasteiger partial charge in [-0.3, -0.25) is 0 Å². The lowest BCUT2D eigenvalue weighted by atomic mass is 10.3. The van der Waals surface area contributed by atoms with E-state index in [0.717, 1.165) is 0 Å². The van der Waals surface area contributed by atoms with Gasteiger partial charge in [-0.05, 0) is 44.8 Å². The zero-order valence-electron chi connectivity index (χ0n) is 9.69. The lowest BCUT2D eigenvalue weighted by molar-refractivity contribution is -0.313. The molecule has 1 aromatic rings. The number of benzene rings is 1. The quantitative estimate of drug-likeness (QED) is 0.749. The Bertz CT molecular complexity index is 549. The van der Waals surface area contributed by atoms with Crippen LogP contribution in [0.4, 0.5) is 0 Å². The van der Waals surface area contributed by atoms with E-state index >= 15 is 0 Å². The Morgan fingerprint density at radius 1 is 1.28 bits per heavy atom. The van der Waals surface area contributed by atoms with Crippen molar-refractivity contribution in [2.75, 3.05) is 0 Å². The first-order valence-electron chi connectivity index (χ1n) is 4.94. The first-order chi connectivity index (χ1) is 8.10. The van der Waals surface area contributed by atoms with E-state index in [2.05, 4.69) is 21.1 Å². The van der Waals surface area contributed by atoms with Gasteiger partial charge in [-0.15, -0.1) is 0 Å². The van der Waals surface area contributed by atoms with Crippen LogP contribution in [-0.4, -0.2) is 14.5 Å². The second-order valence-electron chi connectivity index (χ2n) is 3.79. The highest BCUT2D eigenvalue weighted by molar-refractivity contribution is 8.05. The van der Waals surface area contributed by atoms with Crippen LogP contribution in [-0.2, 0) is 21.8 Å². The first kappa shape index (κ1) is 15.6. The molecule has 0 aliphatic carbocycles. The van der Waals surface area contributed by atoms with E-state index in [0.29, 0.717) is 0 Å². The van der Waals surface area contributed by atoms with Crippen molar-refractivity contribution in [1.82, 2.24) is 4.72 Å². The number of rotatable bonds is 5. The molecule has 0 saturated carbocycles. The van der Waals surface area contributed by atoms with Crippen LogP contribution < -0.4 is 19.0 Å². The summed E-state index contributed by atoms with van der Waals surface area (Å²) in [4.78, 5) is 21.5. The van der Waals surface area contributed by atoms with Gasteiger partial charge in [0, 0.05) is 6.04 Å². The first-order valence-corrected chi connectivity index (χ1v) is 8.98. The molecule has 18 heavy (non-hydrogen) atoms. The maximum absolute atomic E-state index is 11.8. The molecular formula is C9H12NO5PS2-2. The van der Waals surface area contributed by atoms with Gasteiger partial charge in [0.15, 0.2) is 0 Å². The van der Waals surface area contributed by atoms with Crippen molar-refractivity contribution in [3.05, 3.63) is 24.3 Å². The smallest absolute Gasteiger partial charge is 0.240 e. The van der Waals surface area contributed by atoms with Gasteiger partial charge in [0.05, 0.1) is 4.90 Å². The van der Waals surface area contributed by atoms with E-state index < -0.39 is 16.7 Å². The molecular weight excluding hydrogens is 297 g/mol. The van der Waals surface area contributed by atoms with Gasteiger partial charge in [0.1, 0.15) is 5.75 Å². The zero-order valence-corrected chi connectivity index (χ0v) is 12.2. The Hall–Kier alpha value is -0.500. The lowest BCUT2D eigenvalue weighted by Gasteiger charge is -2.34. The second-order valence-corrected chi connectivity index (χ2v) is 7.92. The van der Waals surface area contributed by atoms with E-state index in [4.69, 9.17) is 0 Å². The Kier molecular flexibility index (Phi) is 4.88. The Balaban J connectivity index is 2.93. The molecule has 6 nitrogen and oxygen atoms in total. The molecule has 0 spiro atoms. The van der Waals surface area contributed by atoms with E-state index in [1.165, 1.54) is 24.3 Å². The molecule has 0 bridgehead atoms. The van der Waals surface area contributed by atoms with Crippen LogP contribution in [0, 0.1) is 0 Å². The summed E-state index contributed by atoms with van der Waals surface area (Å²) in [5.74, 6) is -0.0215. The van der Waals surface area contributed by atoms with Crippen LogP contribution in [0.3, 0.4) is 0 Å². The summed E-state index contributed by atoms with van der Waals surface area (Å²) < 4.78 is 30.3. The van der Waals surface area contributed by atoms with Crippen molar-refractivity contribution in [2.24, 2.45) is 0 Å². The largest absolute Gasteiger partial charge is 0.803 e. The van der Waals surface area contributed by atoms with Crippen molar-refractivity contribution in [1.29, 1.82) is 0 Å². The number of sulfonamides is 1. The van der Waals surface area contributed by atoms with E-state index in [1.54, 1.807) is 13.8 Å². The fourth-order valence-electron chi connectivity index (χ4n) is 1.19. The minimum absolute atomic E-state index is 0.0215. The summed E-state index contributed by atoms with van der Waals surface area (Å²) in [6.07, 6.45) is 0. The number of hydrogen-bond acceptors (Lipinski definition) is 6. The fourth-order valence-corrected chi connectivity index (χ4v) is 3.08. The van der Waals surface area contributed by atoms with Crippen molar-refractivity contribution in [2.45, 2.75) is 24.8 Å². The third kappa shape index (κ3) is 5.01. The molecule has 0 amide bonds. The van der Waals surface area contributed by atoms with Crippen LogP contribution in [0.2, 0.25) is 0 Å². The zero-order chi connectivity index (χ0) is 14.0. The molecule has 0 radical (unpaired) electrons. The monoisotopic (exact) mass is 309 g/mol. The van der Waals surface area contributed by atoms with Crippen LogP contribution in [0.1, 0.15) is 13.8 Å². The van der Waals surface area contributed by atoms with E-state index in [-0.39, 0.29) is 16.7 Å². The van der Waals surface area contributed by atoms with Crippen LogP contribution in [0.15, 0.2) is 29.2 Å². The summed E-state index contributed by atoms with van der Waals surface area (Å²) in [5, 5.41) is 0. The maximum atomic E-state index is 11.8. The van der Waals surface area contributed by atoms with Gasteiger partial charge in [-0.25, -0.2) is 13.1 Å². The number of hydrogen-bond donors (Lipinski definition) is 1. The molecule has 102 valence electrons. The summed E-state index contributed by atoms with van der Waals surface area (Å²) in [5.41, 5.74) is 0. The minimum atomic E-state index is -4.30. The predicted octanol–water partition coefficient (Wildman–Crippen LogP) is -0.303. The normalized spacial score (nSPS) is 12.7. The van der Waals surface area contributed by atoms with Crippen molar-refractivity contribution in [3.8, 4) is 5.75 Å². The summed E-state index contributed by atoms with van der Waals surface area (Å²) in [7, 11) is -3.60. The van der Waals surface area contributed by atoms with Gasteiger partial charge in [0.25, 0.3) is 0 Å². The van der Waals surface area contributed by atoms with E-state index in [9.17, 15) is 18.2 Å². The molecule has 0 aliphatic heterocycles. The van der Waals surface area contributed by atoms with Gasteiger partial charge >= 0.3 is 0 Å². The molecule has 0 heterocycles.